The molecule has 1 heterocycles. The van der Waals surface area contributed by atoms with Crippen LogP contribution < -0.4 is 4.90 Å². The van der Waals surface area contributed by atoms with Crippen LogP contribution in [-0.4, -0.2) is 4.98 Å². The molecule has 0 spiro atoms. The Morgan fingerprint density at radius 1 is 0.765 bits per heavy atom. The molecule has 5 rings (SSSR count). The molecule has 0 unspecified atom stereocenters. The van der Waals surface area contributed by atoms with Crippen LogP contribution in [0.2, 0.25) is 0 Å². The number of rotatable bonds is 4. The molecule has 0 atom stereocenters. The van der Waals surface area contributed by atoms with Gasteiger partial charge in [0.15, 0.2) is 11.3 Å². The zero-order valence-electron chi connectivity index (χ0n) is 17.8. The number of nitriles is 2. The van der Waals surface area contributed by atoms with Gasteiger partial charge in [0.2, 0.25) is 5.89 Å². The maximum Gasteiger partial charge on any atom is 0.227 e. The summed E-state index contributed by atoms with van der Waals surface area (Å²) in [5, 5.41) is 18.7. The van der Waals surface area contributed by atoms with Crippen LogP contribution in [-0.2, 0) is 0 Å². The number of nitrogens with zero attached hydrogens (tertiary/aromatic N) is 5. The molecular weight excluding hydrogens is 422 g/mol. The van der Waals surface area contributed by atoms with Gasteiger partial charge in [0.25, 0.3) is 0 Å². The Kier molecular flexibility index (Phi) is 5.21. The molecule has 0 fully saturated rings. The van der Waals surface area contributed by atoms with Crippen LogP contribution in [0.25, 0.3) is 27.4 Å². The number of fused-ring (bicyclic) bond motifs is 1. The molecule has 34 heavy (non-hydrogen) atoms. The van der Waals surface area contributed by atoms with Gasteiger partial charge in [-0.25, -0.2) is 9.83 Å². The Labute approximate surface area is 196 Å². The van der Waals surface area contributed by atoms with E-state index in [-0.39, 0.29) is 0 Å². The van der Waals surface area contributed by atoms with Gasteiger partial charge < -0.3 is 9.32 Å². The summed E-state index contributed by atoms with van der Waals surface area (Å²) in [6.07, 6.45) is 0. The number of hydrogen-bond donors (Lipinski definition) is 0. The maximum absolute atomic E-state index is 9.47. The van der Waals surface area contributed by atoms with Gasteiger partial charge in [-0.15, -0.1) is 0 Å². The molecule has 0 N–H and O–H groups in total. The number of aromatic nitrogens is 1. The number of oxazole rings is 1. The lowest BCUT2D eigenvalue weighted by molar-refractivity contribution is 0.620. The first-order chi connectivity index (χ1) is 16.7. The van der Waals surface area contributed by atoms with Crippen molar-refractivity contribution in [2.75, 3.05) is 4.90 Å². The van der Waals surface area contributed by atoms with Crippen molar-refractivity contribution in [2.45, 2.75) is 0 Å². The fraction of sp³-hybridized carbons (Fsp3) is 0. The molecule has 0 amide bonds. The van der Waals surface area contributed by atoms with Crippen molar-refractivity contribution in [1.82, 2.24) is 4.98 Å². The fourth-order valence-corrected chi connectivity index (χ4v) is 3.73. The highest BCUT2D eigenvalue weighted by Gasteiger charge is 2.16. The zero-order valence-corrected chi connectivity index (χ0v) is 17.8. The first-order valence-corrected chi connectivity index (χ1v) is 10.4. The number of benzene rings is 4. The number of para-hydroxylation sites is 2. The third-order valence-electron chi connectivity index (χ3n) is 5.34. The van der Waals surface area contributed by atoms with E-state index in [0.717, 1.165) is 28.0 Å². The van der Waals surface area contributed by atoms with Gasteiger partial charge in [0, 0.05) is 28.2 Å². The monoisotopic (exact) mass is 437 g/mol. The average Bonchev–Trinajstić information content (AvgIpc) is 3.34. The lowest BCUT2D eigenvalue weighted by Gasteiger charge is -2.26. The van der Waals surface area contributed by atoms with Crippen molar-refractivity contribution < 1.29 is 4.42 Å². The molecule has 0 aliphatic rings. The molecule has 0 saturated carbocycles. The van der Waals surface area contributed by atoms with Crippen LogP contribution >= 0.6 is 0 Å². The van der Waals surface area contributed by atoms with Gasteiger partial charge in [-0.1, -0.05) is 12.1 Å². The molecule has 4 aromatic carbocycles. The fourth-order valence-electron chi connectivity index (χ4n) is 3.73. The van der Waals surface area contributed by atoms with Crippen LogP contribution in [0.5, 0.6) is 0 Å². The SMILES string of the molecule is [C-]#[N+]c1cc(C#N)cc(N(c2ccc(C#N)cc2)c2ccc(-c3nc4ccccc4o3)cc2)c1. The van der Waals surface area contributed by atoms with Crippen LogP contribution in [0, 0.1) is 29.2 Å². The van der Waals surface area contributed by atoms with Crippen molar-refractivity contribution in [3.05, 3.63) is 114 Å². The van der Waals surface area contributed by atoms with Crippen LogP contribution in [0.3, 0.4) is 0 Å². The third-order valence-corrected chi connectivity index (χ3v) is 5.34. The van der Waals surface area contributed by atoms with Gasteiger partial charge >= 0.3 is 0 Å². The predicted octanol–water partition coefficient (Wildman–Crippen LogP) is 7.26. The average molecular weight is 437 g/mol. The molecule has 0 aliphatic carbocycles. The summed E-state index contributed by atoms with van der Waals surface area (Å²) in [5.41, 5.74) is 5.93. The largest absolute Gasteiger partial charge is 0.436 e. The summed E-state index contributed by atoms with van der Waals surface area (Å²) in [4.78, 5) is 10.0. The summed E-state index contributed by atoms with van der Waals surface area (Å²) in [7, 11) is 0. The van der Waals surface area contributed by atoms with E-state index in [1.165, 1.54) is 0 Å². The molecule has 158 valence electrons. The number of anilines is 3. The van der Waals surface area contributed by atoms with Crippen LogP contribution in [0.1, 0.15) is 11.1 Å². The zero-order chi connectivity index (χ0) is 23.5. The minimum absolute atomic E-state index is 0.371. The van der Waals surface area contributed by atoms with Crippen molar-refractivity contribution in [3.63, 3.8) is 0 Å². The molecule has 6 heteroatoms. The van der Waals surface area contributed by atoms with E-state index in [4.69, 9.17) is 11.0 Å². The van der Waals surface area contributed by atoms with E-state index in [0.29, 0.717) is 28.4 Å². The molecule has 0 aliphatic heterocycles. The van der Waals surface area contributed by atoms with Crippen molar-refractivity contribution >= 4 is 33.8 Å². The second kappa shape index (κ2) is 8.63. The minimum atomic E-state index is 0.371. The minimum Gasteiger partial charge on any atom is -0.436 e. The Hall–Kier alpha value is -5.38. The second-order valence-electron chi connectivity index (χ2n) is 7.49. The molecule has 0 radical (unpaired) electrons. The van der Waals surface area contributed by atoms with Crippen molar-refractivity contribution in [3.8, 4) is 23.6 Å². The Bertz CT molecular complexity index is 1560. The summed E-state index contributed by atoms with van der Waals surface area (Å²) < 4.78 is 5.89. The molecule has 6 nitrogen and oxygen atoms in total. The van der Waals surface area contributed by atoms with Gasteiger partial charge in [-0.2, -0.15) is 10.5 Å². The second-order valence-corrected chi connectivity index (χ2v) is 7.49. The molecule has 0 bridgehead atoms. The normalized spacial score (nSPS) is 10.3. The van der Waals surface area contributed by atoms with E-state index < -0.39 is 0 Å². The van der Waals surface area contributed by atoms with Gasteiger partial charge in [-0.05, 0) is 78.9 Å². The molecule has 1 aromatic heterocycles. The predicted molar refractivity (Wildman–Crippen MR) is 130 cm³/mol. The quantitative estimate of drug-likeness (QED) is 0.276. The van der Waals surface area contributed by atoms with E-state index in [1.807, 2.05) is 65.6 Å². The van der Waals surface area contributed by atoms with E-state index in [1.54, 1.807) is 30.3 Å². The Balaban J connectivity index is 1.61. The Morgan fingerprint density at radius 3 is 2.09 bits per heavy atom. The van der Waals surface area contributed by atoms with Gasteiger partial charge in [-0.3, -0.25) is 0 Å². The third kappa shape index (κ3) is 3.82. The summed E-state index contributed by atoms with van der Waals surface area (Å²) in [5.74, 6) is 0.527. The summed E-state index contributed by atoms with van der Waals surface area (Å²) in [6.45, 7) is 7.43. The first kappa shape index (κ1) is 20.5. The van der Waals surface area contributed by atoms with E-state index in [9.17, 15) is 10.5 Å². The highest BCUT2D eigenvalue weighted by atomic mass is 16.3. The summed E-state index contributed by atoms with van der Waals surface area (Å²) in [6, 6.07) is 31.7. The van der Waals surface area contributed by atoms with Gasteiger partial charge in [0.1, 0.15) is 5.52 Å². The number of hydrogen-bond acceptors (Lipinski definition) is 5. The lowest BCUT2D eigenvalue weighted by atomic mass is 10.1. The van der Waals surface area contributed by atoms with Gasteiger partial charge in [0.05, 0.1) is 24.3 Å². The molecular formula is C28H15N5O. The molecule has 5 aromatic rings. The first-order valence-electron chi connectivity index (χ1n) is 10.4. The van der Waals surface area contributed by atoms with Crippen LogP contribution in [0.15, 0.2) is 95.4 Å². The Morgan fingerprint density at radius 2 is 1.44 bits per heavy atom. The molecule has 0 saturated heterocycles. The topological polar surface area (TPSA) is 81.2 Å². The van der Waals surface area contributed by atoms with E-state index >= 15 is 0 Å². The standard InChI is InChI=1S/C28H15N5O/c1-31-22-14-20(18-30)15-25(16-22)33(23-10-6-19(17-29)7-11-23)24-12-8-21(9-13-24)28-32-26-4-2-3-5-27(26)34-28/h2-16H. The van der Waals surface area contributed by atoms with E-state index in [2.05, 4.69) is 22.0 Å². The van der Waals surface area contributed by atoms with Crippen molar-refractivity contribution in [2.24, 2.45) is 0 Å². The van der Waals surface area contributed by atoms with Crippen LogP contribution in [0.4, 0.5) is 22.7 Å². The highest BCUT2D eigenvalue weighted by molar-refractivity contribution is 5.81. The smallest absolute Gasteiger partial charge is 0.227 e. The highest BCUT2D eigenvalue weighted by Crippen LogP contribution is 2.38. The van der Waals surface area contributed by atoms with Crippen molar-refractivity contribution in [1.29, 1.82) is 10.5 Å². The lowest BCUT2D eigenvalue weighted by Crippen LogP contribution is -2.10. The maximum atomic E-state index is 9.47. The summed E-state index contributed by atoms with van der Waals surface area (Å²) >= 11 is 0.